The van der Waals surface area contributed by atoms with Crippen LogP contribution in [0.1, 0.15) is 32.1 Å². The minimum absolute atomic E-state index is 0.208. The maximum atomic E-state index is 5.93. The second kappa shape index (κ2) is 3.19. The molecule has 3 rings (SSSR count). The van der Waals surface area contributed by atoms with Crippen molar-refractivity contribution < 1.29 is 9.47 Å². The molecule has 0 aromatic rings. The van der Waals surface area contributed by atoms with Crippen LogP contribution in [0.3, 0.4) is 0 Å². The normalized spacial score (nSPS) is 41.1. The fourth-order valence-electron chi connectivity index (χ4n) is 3.53. The monoisotopic (exact) mass is 197 g/mol. The highest BCUT2D eigenvalue weighted by Crippen LogP contribution is 2.54. The van der Waals surface area contributed by atoms with Gasteiger partial charge in [0.2, 0.25) is 0 Å². The van der Waals surface area contributed by atoms with Crippen molar-refractivity contribution in [3.05, 3.63) is 0 Å². The van der Waals surface area contributed by atoms with E-state index in [1.165, 1.54) is 25.7 Å². The van der Waals surface area contributed by atoms with Gasteiger partial charge in [-0.15, -0.1) is 0 Å². The largest absolute Gasteiger partial charge is 0.347 e. The summed E-state index contributed by atoms with van der Waals surface area (Å²) in [4.78, 5) is 0. The fraction of sp³-hybridized carbons (Fsp3) is 1.00. The Morgan fingerprint density at radius 2 is 1.71 bits per heavy atom. The van der Waals surface area contributed by atoms with Gasteiger partial charge in [-0.2, -0.15) is 0 Å². The number of hydrogen-bond donors (Lipinski definition) is 1. The zero-order valence-electron chi connectivity index (χ0n) is 8.68. The zero-order valence-corrected chi connectivity index (χ0v) is 8.68. The van der Waals surface area contributed by atoms with Crippen LogP contribution < -0.4 is 5.32 Å². The minimum Gasteiger partial charge on any atom is -0.347 e. The van der Waals surface area contributed by atoms with Crippen LogP contribution in [0.4, 0.5) is 0 Å². The number of ether oxygens (including phenoxy) is 2. The van der Waals surface area contributed by atoms with Gasteiger partial charge in [-0.25, -0.2) is 0 Å². The van der Waals surface area contributed by atoms with Crippen molar-refractivity contribution in [2.75, 3.05) is 26.3 Å². The minimum atomic E-state index is -0.208. The Kier molecular flexibility index (Phi) is 2.08. The maximum Gasteiger partial charge on any atom is 0.175 e. The number of hydrogen-bond acceptors (Lipinski definition) is 3. The third kappa shape index (κ3) is 1.09. The quantitative estimate of drug-likeness (QED) is 0.634. The van der Waals surface area contributed by atoms with Crippen molar-refractivity contribution in [2.24, 2.45) is 5.41 Å². The molecule has 3 fully saturated rings. The lowest BCUT2D eigenvalue weighted by molar-refractivity contribution is -0.225. The van der Waals surface area contributed by atoms with Gasteiger partial charge in [-0.1, -0.05) is 0 Å². The van der Waals surface area contributed by atoms with Crippen LogP contribution >= 0.6 is 0 Å². The van der Waals surface area contributed by atoms with Crippen LogP contribution in [0, 0.1) is 5.41 Å². The zero-order chi connectivity index (χ0) is 9.49. The molecule has 3 aliphatic rings. The Morgan fingerprint density at radius 3 is 2.43 bits per heavy atom. The van der Waals surface area contributed by atoms with Crippen molar-refractivity contribution in [1.29, 1.82) is 0 Å². The molecule has 0 radical (unpaired) electrons. The molecule has 2 saturated heterocycles. The molecule has 1 saturated carbocycles. The van der Waals surface area contributed by atoms with Crippen LogP contribution in [-0.4, -0.2) is 32.1 Å². The smallest absolute Gasteiger partial charge is 0.175 e. The van der Waals surface area contributed by atoms with Gasteiger partial charge in [0.05, 0.1) is 13.2 Å². The first kappa shape index (κ1) is 9.13. The van der Waals surface area contributed by atoms with E-state index in [4.69, 9.17) is 9.47 Å². The van der Waals surface area contributed by atoms with E-state index >= 15 is 0 Å². The molecule has 80 valence electrons. The third-order valence-electron chi connectivity index (χ3n) is 4.20. The second-order valence-electron chi connectivity index (χ2n) is 4.86. The van der Waals surface area contributed by atoms with Crippen molar-refractivity contribution in [3.63, 3.8) is 0 Å². The topological polar surface area (TPSA) is 30.5 Å². The summed E-state index contributed by atoms with van der Waals surface area (Å²) in [7, 11) is 0. The molecule has 0 aromatic carbocycles. The molecular formula is C11H19NO2. The van der Waals surface area contributed by atoms with E-state index in [-0.39, 0.29) is 5.79 Å². The van der Waals surface area contributed by atoms with Gasteiger partial charge in [-0.05, 0) is 32.2 Å². The van der Waals surface area contributed by atoms with Gasteiger partial charge >= 0.3 is 0 Å². The Balaban J connectivity index is 1.88. The van der Waals surface area contributed by atoms with Crippen LogP contribution in [0.15, 0.2) is 0 Å². The highest BCUT2D eigenvalue weighted by molar-refractivity contribution is 5.03. The molecule has 3 nitrogen and oxygen atoms in total. The van der Waals surface area contributed by atoms with Crippen LogP contribution in [0.25, 0.3) is 0 Å². The summed E-state index contributed by atoms with van der Waals surface area (Å²) in [6.07, 6.45) is 6.20. The summed E-state index contributed by atoms with van der Waals surface area (Å²) < 4.78 is 11.9. The molecule has 1 aliphatic carbocycles. The molecule has 0 amide bonds. The molecule has 0 unspecified atom stereocenters. The number of nitrogens with one attached hydrogen (secondary N) is 1. The molecule has 14 heavy (non-hydrogen) atoms. The molecule has 2 heterocycles. The van der Waals surface area contributed by atoms with Crippen molar-refractivity contribution in [1.82, 2.24) is 5.32 Å². The third-order valence-corrected chi connectivity index (χ3v) is 4.20. The molecule has 2 aliphatic heterocycles. The Morgan fingerprint density at radius 1 is 0.929 bits per heavy atom. The first-order valence-electron chi connectivity index (χ1n) is 5.86. The Labute approximate surface area is 85.1 Å². The first-order chi connectivity index (χ1) is 6.87. The van der Waals surface area contributed by atoms with E-state index in [1.807, 2.05) is 0 Å². The van der Waals surface area contributed by atoms with Crippen molar-refractivity contribution in [3.8, 4) is 0 Å². The van der Waals surface area contributed by atoms with Crippen LogP contribution in [0.2, 0.25) is 0 Å². The van der Waals surface area contributed by atoms with Gasteiger partial charge in [0.1, 0.15) is 0 Å². The van der Waals surface area contributed by atoms with E-state index in [9.17, 15) is 0 Å². The van der Waals surface area contributed by atoms with Gasteiger partial charge in [-0.3, -0.25) is 0 Å². The lowest BCUT2D eigenvalue weighted by atomic mass is 9.75. The van der Waals surface area contributed by atoms with Gasteiger partial charge in [0.25, 0.3) is 0 Å². The van der Waals surface area contributed by atoms with E-state index in [0.29, 0.717) is 5.41 Å². The average Bonchev–Trinajstić information content (AvgIpc) is 2.80. The Hall–Kier alpha value is -0.120. The number of rotatable bonds is 0. The molecule has 0 bridgehead atoms. The maximum absolute atomic E-state index is 5.93. The van der Waals surface area contributed by atoms with Crippen LogP contribution in [0.5, 0.6) is 0 Å². The second-order valence-corrected chi connectivity index (χ2v) is 4.86. The van der Waals surface area contributed by atoms with Crippen LogP contribution in [-0.2, 0) is 9.47 Å². The summed E-state index contributed by atoms with van der Waals surface area (Å²) >= 11 is 0. The fourth-order valence-corrected chi connectivity index (χ4v) is 3.53. The van der Waals surface area contributed by atoms with E-state index in [0.717, 1.165) is 32.7 Å². The average molecular weight is 197 g/mol. The number of fused-ring (bicyclic) bond motifs is 1. The number of piperidine rings is 1. The standard InChI is InChI=1S/C11H19NO2/c1-3-10(4-2-6-12-9-10)11(5-1)13-7-8-14-11/h12H,1-9H2/t10-/m1/s1. The summed E-state index contributed by atoms with van der Waals surface area (Å²) in [5, 5.41) is 3.51. The van der Waals surface area contributed by atoms with E-state index in [1.54, 1.807) is 0 Å². The van der Waals surface area contributed by atoms with Crippen molar-refractivity contribution >= 4 is 0 Å². The highest BCUT2D eigenvalue weighted by Gasteiger charge is 2.58. The SMILES string of the molecule is C1CNC[C@]2(C1)CCCC21OCCO1. The predicted octanol–water partition coefficient (Wildman–Crippen LogP) is 1.28. The molecule has 3 heteroatoms. The lowest BCUT2D eigenvalue weighted by Gasteiger charge is -2.44. The molecule has 1 N–H and O–H groups in total. The molecule has 1 atom stereocenters. The van der Waals surface area contributed by atoms with Gasteiger partial charge < -0.3 is 14.8 Å². The van der Waals surface area contributed by atoms with E-state index in [2.05, 4.69) is 5.32 Å². The molecular weight excluding hydrogens is 178 g/mol. The summed E-state index contributed by atoms with van der Waals surface area (Å²) in [6.45, 7) is 3.84. The highest BCUT2D eigenvalue weighted by atomic mass is 16.7. The summed E-state index contributed by atoms with van der Waals surface area (Å²) in [5.74, 6) is -0.208. The van der Waals surface area contributed by atoms with Crippen molar-refractivity contribution in [2.45, 2.75) is 37.9 Å². The lowest BCUT2D eigenvalue weighted by Crippen LogP contribution is -2.53. The first-order valence-corrected chi connectivity index (χ1v) is 5.86. The molecule has 2 spiro atoms. The molecule has 0 aromatic heterocycles. The predicted molar refractivity (Wildman–Crippen MR) is 53.0 cm³/mol. The van der Waals surface area contributed by atoms with E-state index < -0.39 is 0 Å². The summed E-state index contributed by atoms with van der Waals surface area (Å²) in [6, 6.07) is 0. The van der Waals surface area contributed by atoms with Gasteiger partial charge in [0, 0.05) is 18.4 Å². The van der Waals surface area contributed by atoms with Gasteiger partial charge in [0.15, 0.2) is 5.79 Å². The Bertz CT molecular complexity index is 212. The summed E-state index contributed by atoms with van der Waals surface area (Å²) in [5.41, 5.74) is 0.293.